The van der Waals surface area contributed by atoms with Crippen molar-refractivity contribution < 1.29 is 0 Å². The van der Waals surface area contributed by atoms with Gasteiger partial charge in [-0.1, -0.05) is 6.08 Å². The third-order valence-corrected chi connectivity index (χ3v) is 2.16. The summed E-state index contributed by atoms with van der Waals surface area (Å²) in [6, 6.07) is 5.54. The van der Waals surface area contributed by atoms with Crippen LogP contribution < -0.4 is 16.6 Å². The molecule has 0 aliphatic carbocycles. The van der Waals surface area contributed by atoms with Gasteiger partial charge in [0.05, 0.1) is 12.1 Å². The van der Waals surface area contributed by atoms with Crippen LogP contribution in [0.1, 0.15) is 0 Å². The third kappa shape index (κ3) is 1.64. The maximum Gasteiger partial charge on any atom is 0.172 e. The Balaban J connectivity index is 2.51. The molecule has 78 valence electrons. The van der Waals surface area contributed by atoms with Crippen LogP contribution in [0.4, 0.5) is 11.5 Å². The highest BCUT2D eigenvalue weighted by Gasteiger charge is 2.09. The van der Waals surface area contributed by atoms with Gasteiger partial charge in [0.2, 0.25) is 0 Å². The number of hydrogen-bond acceptors (Lipinski definition) is 4. The van der Waals surface area contributed by atoms with E-state index in [0.717, 1.165) is 10.9 Å². The number of nitrogen functional groups attached to an aromatic ring is 1. The molecule has 5 N–H and O–H groups in total. The Labute approximate surface area is 87.3 Å². The molecule has 0 radical (unpaired) electrons. The fourth-order valence-corrected chi connectivity index (χ4v) is 1.46. The monoisotopic (exact) mass is 203 g/mol. The number of anilines is 2. The average molecular weight is 203 g/mol. The number of aromatic nitrogens is 2. The van der Waals surface area contributed by atoms with Gasteiger partial charge in [-0.2, -0.15) is 5.10 Å². The number of fused-ring (bicyclic) bond motifs is 1. The number of hydrogen-bond donors (Lipinski definition) is 3. The number of nitrogens with two attached hydrogens (primary N) is 2. The first-order valence-electron chi connectivity index (χ1n) is 4.59. The summed E-state index contributed by atoms with van der Waals surface area (Å²) in [5.41, 5.74) is 7.31. The molecule has 2 aromatic rings. The van der Waals surface area contributed by atoms with E-state index in [1.54, 1.807) is 6.08 Å². The number of nitrogens with zero attached hydrogens (tertiary/aromatic N) is 2. The predicted octanol–water partition coefficient (Wildman–Crippen LogP) is 1.01. The third-order valence-electron chi connectivity index (χ3n) is 2.16. The largest absolute Gasteiger partial charge is 0.399 e. The highest BCUT2D eigenvalue weighted by molar-refractivity contribution is 5.92. The molecule has 1 heterocycles. The minimum atomic E-state index is 0.536. The molecule has 0 spiro atoms. The van der Waals surface area contributed by atoms with Gasteiger partial charge >= 0.3 is 0 Å². The lowest BCUT2D eigenvalue weighted by Crippen LogP contribution is -2.31. The maximum absolute atomic E-state index is 5.80. The molecule has 0 saturated heterocycles. The zero-order valence-electron chi connectivity index (χ0n) is 8.27. The van der Waals surface area contributed by atoms with Crippen LogP contribution in [-0.4, -0.2) is 16.7 Å². The molecule has 0 aliphatic rings. The van der Waals surface area contributed by atoms with Gasteiger partial charge in [0, 0.05) is 11.1 Å². The number of rotatable bonds is 3. The summed E-state index contributed by atoms with van der Waals surface area (Å²) in [5.74, 6) is 6.48. The number of benzene rings is 1. The lowest BCUT2D eigenvalue weighted by molar-refractivity contribution is 0.903. The number of aromatic amines is 1. The van der Waals surface area contributed by atoms with Crippen molar-refractivity contribution in [3.8, 4) is 0 Å². The van der Waals surface area contributed by atoms with Crippen molar-refractivity contribution in [2.24, 2.45) is 5.84 Å². The van der Waals surface area contributed by atoms with E-state index in [4.69, 9.17) is 11.6 Å². The normalized spacial score (nSPS) is 10.5. The Bertz CT molecular complexity index is 488. The van der Waals surface area contributed by atoms with Crippen LogP contribution in [0.15, 0.2) is 30.9 Å². The summed E-state index contributed by atoms with van der Waals surface area (Å²) < 4.78 is 0. The van der Waals surface area contributed by atoms with Crippen molar-refractivity contribution in [2.75, 3.05) is 17.3 Å². The minimum Gasteiger partial charge on any atom is -0.399 e. The molecule has 0 saturated carbocycles. The summed E-state index contributed by atoms with van der Waals surface area (Å²) in [7, 11) is 0. The number of hydrazine groups is 1. The van der Waals surface area contributed by atoms with E-state index in [-0.39, 0.29) is 0 Å². The number of nitrogens with one attached hydrogen (secondary N) is 1. The summed E-state index contributed by atoms with van der Waals surface area (Å²) in [6.45, 7) is 4.16. The van der Waals surface area contributed by atoms with Crippen molar-refractivity contribution in [1.82, 2.24) is 10.2 Å². The van der Waals surface area contributed by atoms with E-state index in [9.17, 15) is 0 Å². The van der Waals surface area contributed by atoms with E-state index < -0.39 is 0 Å². The van der Waals surface area contributed by atoms with Gasteiger partial charge in [0.1, 0.15) is 0 Å². The Morgan fingerprint density at radius 1 is 1.53 bits per heavy atom. The van der Waals surface area contributed by atoms with Crippen molar-refractivity contribution in [3.63, 3.8) is 0 Å². The van der Waals surface area contributed by atoms with Gasteiger partial charge in [-0.25, -0.2) is 5.84 Å². The highest BCUT2D eigenvalue weighted by Crippen LogP contribution is 2.24. The molecule has 1 aromatic heterocycles. The lowest BCUT2D eigenvalue weighted by Gasteiger charge is -2.13. The maximum atomic E-state index is 5.80. The molecular formula is C10H13N5. The Morgan fingerprint density at radius 3 is 3.07 bits per heavy atom. The van der Waals surface area contributed by atoms with Crippen LogP contribution >= 0.6 is 0 Å². The molecular weight excluding hydrogens is 190 g/mol. The second-order valence-corrected chi connectivity index (χ2v) is 3.29. The first-order valence-corrected chi connectivity index (χ1v) is 4.59. The van der Waals surface area contributed by atoms with E-state index >= 15 is 0 Å². The molecule has 0 amide bonds. The van der Waals surface area contributed by atoms with Gasteiger partial charge in [0.15, 0.2) is 5.82 Å². The molecule has 0 atom stereocenters. The average Bonchev–Trinajstić information content (AvgIpc) is 2.60. The van der Waals surface area contributed by atoms with Gasteiger partial charge in [0.25, 0.3) is 0 Å². The fraction of sp³-hybridized carbons (Fsp3) is 0.100. The van der Waals surface area contributed by atoms with Crippen molar-refractivity contribution in [1.29, 1.82) is 0 Å². The second-order valence-electron chi connectivity index (χ2n) is 3.29. The van der Waals surface area contributed by atoms with E-state index in [1.807, 2.05) is 18.2 Å². The quantitative estimate of drug-likeness (QED) is 0.301. The lowest BCUT2D eigenvalue weighted by atomic mass is 10.2. The van der Waals surface area contributed by atoms with Crippen LogP contribution in [0.5, 0.6) is 0 Å². The first-order chi connectivity index (χ1) is 7.22. The van der Waals surface area contributed by atoms with Crippen LogP contribution in [0.2, 0.25) is 0 Å². The number of H-pyrrole nitrogens is 1. The van der Waals surface area contributed by atoms with Crippen molar-refractivity contribution in [3.05, 3.63) is 30.9 Å². The predicted molar refractivity (Wildman–Crippen MR) is 62.2 cm³/mol. The van der Waals surface area contributed by atoms with Gasteiger partial charge in [-0.05, 0) is 18.2 Å². The van der Waals surface area contributed by atoms with Gasteiger partial charge in [-0.15, -0.1) is 6.58 Å². The van der Waals surface area contributed by atoms with E-state index in [1.165, 1.54) is 5.01 Å². The fourth-order valence-electron chi connectivity index (χ4n) is 1.46. The summed E-state index contributed by atoms with van der Waals surface area (Å²) in [4.78, 5) is 0. The highest BCUT2D eigenvalue weighted by atomic mass is 15.4. The smallest absolute Gasteiger partial charge is 0.172 e. The molecule has 0 aliphatic heterocycles. The first kappa shape index (κ1) is 9.54. The molecule has 15 heavy (non-hydrogen) atoms. The summed E-state index contributed by atoms with van der Waals surface area (Å²) in [6.07, 6.45) is 1.72. The molecule has 5 nitrogen and oxygen atoms in total. The molecule has 0 fully saturated rings. The molecule has 5 heteroatoms. The molecule has 0 bridgehead atoms. The summed E-state index contributed by atoms with van der Waals surface area (Å²) in [5, 5.41) is 9.46. The van der Waals surface area contributed by atoms with Crippen LogP contribution in [0, 0.1) is 0 Å². The zero-order valence-corrected chi connectivity index (χ0v) is 8.27. The van der Waals surface area contributed by atoms with Gasteiger partial charge in [-0.3, -0.25) is 10.1 Å². The molecule has 0 unspecified atom stereocenters. The standard InChI is InChI=1S/C10H13N5/c1-2-5-15(12)10-8-6-7(11)3-4-9(8)13-14-10/h2-4,6H,1,5,11-12H2,(H,13,14). The Kier molecular flexibility index (Phi) is 2.31. The Hall–Kier alpha value is -2.01. The SMILES string of the molecule is C=CCN(N)c1n[nH]c2ccc(N)cc12. The van der Waals surface area contributed by atoms with Crippen LogP contribution in [0.25, 0.3) is 10.9 Å². The van der Waals surface area contributed by atoms with Crippen LogP contribution in [-0.2, 0) is 0 Å². The van der Waals surface area contributed by atoms with Crippen molar-refractivity contribution >= 4 is 22.4 Å². The topological polar surface area (TPSA) is 84.0 Å². The van der Waals surface area contributed by atoms with Crippen LogP contribution in [0.3, 0.4) is 0 Å². The van der Waals surface area contributed by atoms with E-state index in [2.05, 4.69) is 16.8 Å². The molecule has 2 rings (SSSR count). The zero-order chi connectivity index (χ0) is 10.8. The van der Waals surface area contributed by atoms with Crippen molar-refractivity contribution in [2.45, 2.75) is 0 Å². The molecule has 1 aromatic carbocycles. The second kappa shape index (κ2) is 3.62. The minimum absolute atomic E-state index is 0.536. The van der Waals surface area contributed by atoms with Gasteiger partial charge < -0.3 is 5.73 Å². The van der Waals surface area contributed by atoms with E-state index in [0.29, 0.717) is 18.1 Å². The summed E-state index contributed by atoms with van der Waals surface area (Å²) >= 11 is 0. The Morgan fingerprint density at radius 2 is 2.33 bits per heavy atom.